The lowest BCUT2D eigenvalue weighted by atomic mass is 10.2. The van der Waals surface area contributed by atoms with E-state index in [2.05, 4.69) is 10.5 Å². The molecule has 26 heavy (non-hydrogen) atoms. The van der Waals surface area contributed by atoms with Crippen LogP contribution in [0.2, 0.25) is 0 Å². The first-order valence-corrected chi connectivity index (χ1v) is 9.32. The highest BCUT2D eigenvalue weighted by molar-refractivity contribution is 7.89. The number of hydrogen-bond donors (Lipinski definition) is 2. The van der Waals surface area contributed by atoms with Crippen molar-refractivity contribution >= 4 is 27.7 Å². The van der Waals surface area contributed by atoms with Gasteiger partial charge in [0.05, 0.1) is 10.5 Å². The lowest BCUT2D eigenvalue weighted by Crippen LogP contribution is -2.43. The van der Waals surface area contributed by atoms with Gasteiger partial charge < -0.3 is 14.9 Å². The van der Waals surface area contributed by atoms with E-state index in [0.717, 1.165) is 10.4 Å². The standard InChI is InChI=1S/C16H17N3O6S/c1-10-8-14(18-25-10)17-15(20)13-6-3-7-19(13)26(23,24)12-5-2-4-11(9-12)16(21)22/h2,4-5,8-9,13H,3,6-7H2,1H3,(H,21,22)(H,17,18,20). The van der Waals surface area contributed by atoms with Gasteiger partial charge in [0.2, 0.25) is 15.9 Å². The molecule has 1 aliphatic rings. The molecule has 2 aromatic rings. The number of sulfonamides is 1. The van der Waals surface area contributed by atoms with Crippen LogP contribution >= 0.6 is 0 Å². The van der Waals surface area contributed by atoms with Crippen LogP contribution in [0.4, 0.5) is 5.82 Å². The van der Waals surface area contributed by atoms with Crippen LogP contribution in [0.3, 0.4) is 0 Å². The third kappa shape index (κ3) is 3.46. The van der Waals surface area contributed by atoms with E-state index in [0.29, 0.717) is 18.6 Å². The predicted molar refractivity (Wildman–Crippen MR) is 90.2 cm³/mol. The number of hydrogen-bond acceptors (Lipinski definition) is 6. The van der Waals surface area contributed by atoms with E-state index in [-0.39, 0.29) is 22.8 Å². The molecule has 9 nitrogen and oxygen atoms in total. The van der Waals surface area contributed by atoms with Crippen LogP contribution in [0, 0.1) is 6.92 Å². The summed E-state index contributed by atoms with van der Waals surface area (Å²) >= 11 is 0. The molecular weight excluding hydrogens is 362 g/mol. The number of anilines is 1. The van der Waals surface area contributed by atoms with Crippen LogP contribution in [-0.4, -0.2) is 47.4 Å². The van der Waals surface area contributed by atoms with Gasteiger partial charge in [-0.05, 0) is 38.0 Å². The third-order valence-corrected chi connectivity index (χ3v) is 5.98. The summed E-state index contributed by atoms with van der Waals surface area (Å²) in [7, 11) is -4.01. The van der Waals surface area contributed by atoms with E-state index < -0.39 is 27.9 Å². The van der Waals surface area contributed by atoms with Crippen molar-refractivity contribution in [2.75, 3.05) is 11.9 Å². The molecule has 1 fully saturated rings. The number of carbonyl (C=O) groups excluding carboxylic acids is 1. The third-order valence-electron chi connectivity index (χ3n) is 4.07. The number of carbonyl (C=O) groups is 2. The maximum atomic E-state index is 12.9. The maximum absolute atomic E-state index is 12.9. The molecule has 10 heteroatoms. The molecule has 0 bridgehead atoms. The van der Waals surface area contributed by atoms with Crippen LogP contribution in [0.1, 0.15) is 29.0 Å². The molecule has 0 saturated carbocycles. The second-order valence-electron chi connectivity index (χ2n) is 5.92. The van der Waals surface area contributed by atoms with Gasteiger partial charge >= 0.3 is 5.97 Å². The number of benzene rings is 1. The SMILES string of the molecule is Cc1cc(NC(=O)C2CCCN2S(=O)(=O)c2cccc(C(=O)O)c2)no1. The van der Waals surface area contributed by atoms with Crippen molar-refractivity contribution in [2.45, 2.75) is 30.7 Å². The van der Waals surface area contributed by atoms with Gasteiger partial charge in [-0.25, -0.2) is 13.2 Å². The van der Waals surface area contributed by atoms with Gasteiger partial charge in [0.15, 0.2) is 5.82 Å². The zero-order valence-corrected chi connectivity index (χ0v) is 14.7. The number of rotatable bonds is 5. The van der Waals surface area contributed by atoms with Crippen LogP contribution in [0.5, 0.6) is 0 Å². The minimum atomic E-state index is -4.01. The monoisotopic (exact) mass is 379 g/mol. The fraction of sp³-hybridized carbons (Fsp3) is 0.312. The topological polar surface area (TPSA) is 130 Å². The smallest absolute Gasteiger partial charge is 0.335 e. The van der Waals surface area contributed by atoms with Gasteiger partial charge in [0.25, 0.3) is 0 Å². The summed E-state index contributed by atoms with van der Waals surface area (Å²) < 4.78 is 31.8. The Hall–Kier alpha value is -2.72. The van der Waals surface area contributed by atoms with E-state index in [1.807, 2.05) is 0 Å². The van der Waals surface area contributed by atoms with Crippen LogP contribution in [0.15, 0.2) is 39.8 Å². The number of nitrogens with one attached hydrogen (secondary N) is 1. The first kappa shape index (κ1) is 18.1. The van der Waals surface area contributed by atoms with Gasteiger partial charge in [-0.1, -0.05) is 11.2 Å². The molecule has 0 spiro atoms. The fourth-order valence-electron chi connectivity index (χ4n) is 2.85. The number of aromatic carboxylic acids is 1. The Morgan fingerprint density at radius 1 is 1.35 bits per heavy atom. The lowest BCUT2D eigenvalue weighted by Gasteiger charge is -2.23. The van der Waals surface area contributed by atoms with Crippen molar-refractivity contribution in [3.8, 4) is 0 Å². The first-order valence-electron chi connectivity index (χ1n) is 7.88. The van der Waals surface area contributed by atoms with Gasteiger partial charge in [0, 0.05) is 12.6 Å². The minimum absolute atomic E-state index is 0.135. The van der Waals surface area contributed by atoms with E-state index in [1.165, 1.54) is 24.3 Å². The maximum Gasteiger partial charge on any atom is 0.335 e. The molecule has 1 aromatic carbocycles. The normalized spacial score (nSPS) is 18.0. The van der Waals surface area contributed by atoms with Crippen molar-refractivity contribution in [1.29, 1.82) is 0 Å². The van der Waals surface area contributed by atoms with Crippen LogP contribution < -0.4 is 5.32 Å². The molecule has 1 atom stereocenters. The summed E-state index contributed by atoms with van der Waals surface area (Å²) in [6.45, 7) is 1.85. The lowest BCUT2D eigenvalue weighted by molar-refractivity contribution is -0.119. The molecule has 138 valence electrons. The molecule has 1 aliphatic heterocycles. The largest absolute Gasteiger partial charge is 0.478 e. The summed E-state index contributed by atoms with van der Waals surface area (Å²) in [5.41, 5.74) is -0.135. The molecular formula is C16H17N3O6S. The number of nitrogens with zero attached hydrogens (tertiary/aromatic N) is 2. The minimum Gasteiger partial charge on any atom is -0.478 e. The van der Waals surface area contributed by atoms with Gasteiger partial charge in [-0.2, -0.15) is 4.31 Å². The number of carboxylic acid groups (broad SMARTS) is 1. The van der Waals surface area contributed by atoms with E-state index in [1.54, 1.807) is 6.92 Å². The highest BCUT2D eigenvalue weighted by Crippen LogP contribution is 2.27. The van der Waals surface area contributed by atoms with Gasteiger partial charge in [0.1, 0.15) is 11.8 Å². The molecule has 1 unspecified atom stereocenters. The molecule has 3 rings (SSSR count). The fourth-order valence-corrected chi connectivity index (χ4v) is 4.55. The Labute approximate surface area is 149 Å². The summed E-state index contributed by atoms with van der Waals surface area (Å²) in [6, 6.07) is 5.71. The van der Waals surface area contributed by atoms with Crippen molar-refractivity contribution in [1.82, 2.24) is 9.46 Å². The Balaban J connectivity index is 1.85. The zero-order chi connectivity index (χ0) is 18.9. The zero-order valence-electron chi connectivity index (χ0n) is 13.9. The number of aryl methyl sites for hydroxylation is 1. The van der Waals surface area contributed by atoms with Crippen molar-refractivity contribution in [3.05, 3.63) is 41.7 Å². The first-order chi connectivity index (χ1) is 12.3. The molecule has 0 radical (unpaired) electrons. The Morgan fingerprint density at radius 2 is 2.12 bits per heavy atom. The molecule has 2 N–H and O–H groups in total. The van der Waals surface area contributed by atoms with E-state index in [9.17, 15) is 18.0 Å². The molecule has 0 aliphatic carbocycles. The second-order valence-corrected chi connectivity index (χ2v) is 7.81. The molecule has 2 heterocycles. The average Bonchev–Trinajstić information content (AvgIpc) is 3.24. The highest BCUT2D eigenvalue weighted by Gasteiger charge is 2.39. The van der Waals surface area contributed by atoms with Crippen molar-refractivity contribution in [3.63, 3.8) is 0 Å². The Kier molecular flexibility index (Phi) is 4.79. The van der Waals surface area contributed by atoms with Crippen molar-refractivity contribution in [2.24, 2.45) is 0 Å². The van der Waals surface area contributed by atoms with Gasteiger partial charge in [-0.15, -0.1) is 0 Å². The Morgan fingerprint density at radius 3 is 2.77 bits per heavy atom. The van der Waals surface area contributed by atoms with Crippen LogP contribution in [0.25, 0.3) is 0 Å². The Bertz CT molecular complexity index is 952. The molecule has 1 amide bonds. The van der Waals surface area contributed by atoms with E-state index >= 15 is 0 Å². The number of carboxylic acids is 1. The predicted octanol–water partition coefficient (Wildman–Crippen LogP) is 1.47. The number of aromatic nitrogens is 1. The molecule has 1 aromatic heterocycles. The summed E-state index contributed by atoms with van der Waals surface area (Å²) in [4.78, 5) is 23.4. The quantitative estimate of drug-likeness (QED) is 0.804. The summed E-state index contributed by atoms with van der Waals surface area (Å²) in [6.07, 6.45) is 0.883. The summed E-state index contributed by atoms with van der Waals surface area (Å²) in [5.74, 6) is -1.00. The van der Waals surface area contributed by atoms with Gasteiger partial charge in [-0.3, -0.25) is 4.79 Å². The number of amides is 1. The average molecular weight is 379 g/mol. The van der Waals surface area contributed by atoms with Crippen LogP contribution in [-0.2, 0) is 14.8 Å². The second kappa shape index (κ2) is 6.89. The highest BCUT2D eigenvalue weighted by atomic mass is 32.2. The molecule has 1 saturated heterocycles. The van der Waals surface area contributed by atoms with E-state index in [4.69, 9.17) is 9.63 Å². The van der Waals surface area contributed by atoms with Crippen molar-refractivity contribution < 1.29 is 27.6 Å². The summed E-state index contributed by atoms with van der Waals surface area (Å²) in [5, 5.41) is 15.3.